The number of rotatable bonds is 5. The molecular weight excluding hydrogens is 717 g/mol. The van der Waals surface area contributed by atoms with Gasteiger partial charge < -0.3 is 13.9 Å². The molecule has 2 aliphatic carbocycles. The summed E-state index contributed by atoms with van der Waals surface area (Å²) >= 11 is 0. The monoisotopic (exact) mass is 758 g/mol. The first kappa shape index (κ1) is 34.0. The third-order valence-corrected chi connectivity index (χ3v) is 13.4. The maximum absolute atomic E-state index is 7.06. The highest BCUT2D eigenvalue weighted by molar-refractivity contribution is 6.19. The molecule has 59 heavy (non-hydrogen) atoms. The van der Waals surface area contributed by atoms with Crippen LogP contribution in [0.5, 0.6) is 0 Å². The number of nitrogens with zero attached hydrogens (tertiary/aromatic N) is 2. The Labute approximate surface area is 344 Å². The number of furan rings is 1. The molecule has 3 nitrogen and oxygen atoms in total. The van der Waals surface area contributed by atoms with Gasteiger partial charge in [-0.2, -0.15) is 0 Å². The second-order valence-corrected chi connectivity index (χ2v) is 17.3. The van der Waals surface area contributed by atoms with Gasteiger partial charge in [0, 0.05) is 49.6 Å². The van der Waals surface area contributed by atoms with Crippen LogP contribution < -0.4 is 4.90 Å². The minimum atomic E-state index is -0.220. The Balaban J connectivity index is 1.18. The number of fused-ring (bicyclic) bond motifs is 12. The van der Waals surface area contributed by atoms with E-state index in [9.17, 15) is 0 Å². The molecule has 0 atom stereocenters. The van der Waals surface area contributed by atoms with E-state index in [4.69, 9.17) is 4.42 Å². The molecule has 2 aromatic heterocycles. The number of aromatic nitrogens is 1. The van der Waals surface area contributed by atoms with E-state index in [1.807, 2.05) is 0 Å². The second kappa shape index (κ2) is 12.2. The fourth-order valence-electron chi connectivity index (χ4n) is 10.6. The van der Waals surface area contributed by atoms with Crippen LogP contribution in [-0.2, 0) is 10.8 Å². The van der Waals surface area contributed by atoms with Gasteiger partial charge in [0.05, 0.1) is 16.9 Å². The van der Waals surface area contributed by atoms with Crippen LogP contribution >= 0.6 is 0 Å². The van der Waals surface area contributed by atoms with Crippen molar-refractivity contribution in [3.8, 4) is 39.2 Å². The van der Waals surface area contributed by atoms with Crippen LogP contribution in [0.2, 0.25) is 0 Å². The number of benzene rings is 8. The van der Waals surface area contributed by atoms with Gasteiger partial charge in [0.25, 0.3) is 0 Å². The Kier molecular flexibility index (Phi) is 7.03. The summed E-state index contributed by atoms with van der Waals surface area (Å²) in [5.41, 5.74) is 19.8. The van der Waals surface area contributed by atoms with Gasteiger partial charge in [0.1, 0.15) is 5.58 Å². The van der Waals surface area contributed by atoms with Crippen molar-refractivity contribution in [3.63, 3.8) is 0 Å². The van der Waals surface area contributed by atoms with Gasteiger partial charge in [-0.25, -0.2) is 0 Å². The summed E-state index contributed by atoms with van der Waals surface area (Å²) in [4.78, 5) is 2.44. The van der Waals surface area contributed by atoms with Crippen LogP contribution in [0.4, 0.5) is 17.1 Å². The van der Waals surface area contributed by atoms with Crippen molar-refractivity contribution in [2.45, 2.75) is 38.5 Å². The van der Waals surface area contributed by atoms with E-state index < -0.39 is 0 Å². The van der Waals surface area contributed by atoms with Crippen molar-refractivity contribution in [2.75, 3.05) is 4.90 Å². The van der Waals surface area contributed by atoms with Crippen molar-refractivity contribution in [1.29, 1.82) is 0 Å². The highest BCUT2D eigenvalue weighted by Gasteiger charge is 2.42. The highest BCUT2D eigenvalue weighted by atomic mass is 16.3. The standard InChI is InChI=1S/C56H42N2O/c1-55(2)44-24-14-11-21-40(44)50-46(55)34-48(54-51(50)43-23-13-16-26-49(43)59-54)57(38-29-27-36(28-30-38)35-17-7-5-8-18-35)39-31-32-42-47(33-39)58(37-19-9-6-10-20-37)53-41-22-12-15-25-45(41)56(3,4)52(42)53/h5-34H,1-4H3. The second-order valence-electron chi connectivity index (χ2n) is 17.3. The number of hydrogen-bond donors (Lipinski definition) is 0. The quantitative estimate of drug-likeness (QED) is 0.174. The van der Waals surface area contributed by atoms with Crippen LogP contribution in [0.25, 0.3) is 72.0 Å². The van der Waals surface area contributed by atoms with E-state index in [1.54, 1.807) is 0 Å². The number of para-hydroxylation sites is 2. The molecule has 0 aliphatic heterocycles. The minimum absolute atomic E-state index is 0.167. The van der Waals surface area contributed by atoms with Crippen molar-refractivity contribution >= 4 is 49.9 Å². The van der Waals surface area contributed by atoms with E-state index >= 15 is 0 Å². The molecule has 0 saturated heterocycles. The van der Waals surface area contributed by atoms with Gasteiger partial charge in [-0.15, -0.1) is 0 Å². The van der Waals surface area contributed by atoms with Gasteiger partial charge in [-0.05, 0) is 93.0 Å². The molecule has 3 heteroatoms. The number of hydrogen-bond acceptors (Lipinski definition) is 2. The Morgan fingerprint density at radius 2 is 1.10 bits per heavy atom. The van der Waals surface area contributed by atoms with Gasteiger partial charge >= 0.3 is 0 Å². The molecule has 0 spiro atoms. The van der Waals surface area contributed by atoms with E-state index in [1.165, 1.54) is 72.1 Å². The Hall–Kier alpha value is -7.10. The van der Waals surface area contributed by atoms with E-state index in [0.29, 0.717) is 0 Å². The van der Waals surface area contributed by atoms with Gasteiger partial charge in [-0.1, -0.05) is 161 Å². The van der Waals surface area contributed by atoms with Crippen molar-refractivity contribution in [1.82, 2.24) is 4.57 Å². The predicted octanol–water partition coefficient (Wildman–Crippen LogP) is 15.3. The van der Waals surface area contributed by atoms with Crippen LogP contribution in [0.15, 0.2) is 186 Å². The smallest absolute Gasteiger partial charge is 0.160 e. The molecule has 2 heterocycles. The van der Waals surface area contributed by atoms with Gasteiger partial charge in [-0.3, -0.25) is 0 Å². The van der Waals surface area contributed by atoms with E-state index in [2.05, 4.69) is 219 Å². The third-order valence-electron chi connectivity index (χ3n) is 13.4. The maximum Gasteiger partial charge on any atom is 0.160 e. The molecule has 0 unspecified atom stereocenters. The first-order chi connectivity index (χ1) is 28.8. The minimum Gasteiger partial charge on any atom is -0.454 e. The maximum atomic E-state index is 7.06. The average molecular weight is 759 g/mol. The van der Waals surface area contributed by atoms with Crippen molar-refractivity contribution in [2.24, 2.45) is 0 Å². The summed E-state index contributed by atoms with van der Waals surface area (Å²) in [7, 11) is 0. The molecule has 10 aromatic rings. The topological polar surface area (TPSA) is 21.3 Å². The molecule has 8 aromatic carbocycles. The summed E-state index contributed by atoms with van der Waals surface area (Å²) in [5, 5.41) is 3.58. The lowest BCUT2D eigenvalue weighted by molar-refractivity contribution is 0.657. The lowest BCUT2D eigenvalue weighted by atomic mass is 9.81. The molecule has 0 saturated carbocycles. The molecule has 0 fully saturated rings. The normalized spacial score (nSPS) is 14.4. The fourth-order valence-corrected chi connectivity index (χ4v) is 10.6. The SMILES string of the molecule is CC1(C)c2ccccc2-c2c1cc(N(c1ccc(-c3ccccc3)cc1)c1ccc3c4c(n(-c5ccccc5)c3c1)-c1ccccc1C4(C)C)c1oc3ccccc3c21. The van der Waals surface area contributed by atoms with Crippen molar-refractivity contribution in [3.05, 3.63) is 204 Å². The van der Waals surface area contributed by atoms with E-state index in [-0.39, 0.29) is 10.8 Å². The molecular formula is C56H42N2O. The van der Waals surface area contributed by atoms with Crippen molar-refractivity contribution < 1.29 is 4.42 Å². The van der Waals surface area contributed by atoms with Gasteiger partial charge in [0.15, 0.2) is 5.58 Å². The highest BCUT2D eigenvalue weighted by Crippen LogP contribution is 2.58. The lowest BCUT2D eigenvalue weighted by Crippen LogP contribution is -2.17. The largest absolute Gasteiger partial charge is 0.454 e. The van der Waals surface area contributed by atoms with Gasteiger partial charge in [0.2, 0.25) is 0 Å². The molecule has 0 bridgehead atoms. The summed E-state index contributed by atoms with van der Waals surface area (Å²) < 4.78 is 9.56. The summed E-state index contributed by atoms with van der Waals surface area (Å²) in [6.45, 7) is 9.50. The molecule has 0 amide bonds. The predicted molar refractivity (Wildman–Crippen MR) is 246 cm³/mol. The molecule has 0 radical (unpaired) electrons. The summed E-state index contributed by atoms with van der Waals surface area (Å²) in [6.07, 6.45) is 0. The average Bonchev–Trinajstić information content (AvgIpc) is 3.96. The fraction of sp³-hybridized carbons (Fsp3) is 0.107. The zero-order chi connectivity index (χ0) is 39.6. The molecule has 2 aliphatic rings. The molecule has 282 valence electrons. The van der Waals surface area contributed by atoms with Crippen LogP contribution in [-0.4, -0.2) is 4.57 Å². The zero-order valence-electron chi connectivity index (χ0n) is 33.6. The first-order valence-electron chi connectivity index (χ1n) is 20.7. The molecule has 0 N–H and O–H groups in total. The Morgan fingerprint density at radius 1 is 0.492 bits per heavy atom. The third kappa shape index (κ3) is 4.70. The van der Waals surface area contributed by atoms with E-state index in [0.717, 1.165) is 39.3 Å². The summed E-state index contributed by atoms with van der Waals surface area (Å²) in [6, 6.07) is 66.5. The van der Waals surface area contributed by atoms with Crippen LogP contribution in [0.3, 0.4) is 0 Å². The Bertz CT molecular complexity index is 3310. The number of anilines is 3. The zero-order valence-corrected chi connectivity index (χ0v) is 33.6. The van der Waals surface area contributed by atoms with Crippen LogP contribution in [0.1, 0.15) is 49.9 Å². The van der Waals surface area contributed by atoms with Crippen LogP contribution in [0, 0.1) is 0 Å². The lowest BCUT2D eigenvalue weighted by Gasteiger charge is -2.29. The Morgan fingerprint density at radius 3 is 1.86 bits per heavy atom. The summed E-state index contributed by atoms with van der Waals surface area (Å²) in [5.74, 6) is 0. The first-order valence-corrected chi connectivity index (χ1v) is 20.7. The molecule has 12 rings (SSSR count).